The molecule has 0 aliphatic heterocycles. The quantitative estimate of drug-likeness (QED) is 0.569. The van der Waals surface area contributed by atoms with Crippen molar-refractivity contribution in [3.8, 4) is 5.75 Å². The van der Waals surface area contributed by atoms with E-state index in [1.165, 1.54) is 18.2 Å². The number of carbonyl (C=O) groups is 2. The molecule has 0 heterocycles. The Kier molecular flexibility index (Phi) is 6.51. The number of halogens is 1. The molecule has 0 fully saturated rings. The fraction of sp³-hybridized carbons (Fsp3) is 0.176. The van der Waals surface area contributed by atoms with Crippen LogP contribution in [0.1, 0.15) is 5.56 Å². The van der Waals surface area contributed by atoms with Gasteiger partial charge in [-0.05, 0) is 43.3 Å². The van der Waals surface area contributed by atoms with Crippen LogP contribution in [0.5, 0.6) is 5.75 Å². The van der Waals surface area contributed by atoms with E-state index in [4.69, 9.17) is 16.3 Å². The first-order chi connectivity index (χ1) is 12.3. The summed E-state index contributed by atoms with van der Waals surface area (Å²) in [5, 5.41) is 16.3. The molecule has 8 nitrogen and oxygen atoms in total. The number of aryl methyl sites for hydroxylation is 1. The smallest absolute Gasteiger partial charge is 0.272 e. The first-order valence-electron chi connectivity index (χ1n) is 7.55. The third-order valence-electron chi connectivity index (χ3n) is 3.31. The molecule has 0 atom stereocenters. The van der Waals surface area contributed by atoms with Crippen LogP contribution in [-0.2, 0) is 9.59 Å². The standard InChI is InChI=1S/C17H16ClN3O5/c1-11-8-13(4-7-15(11)21(24)25)20-16(22)9-19-17(23)10-26-14-5-2-12(18)3-6-14/h2-8H,9-10H2,1H3,(H,19,23)(H,20,22). The maximum Gasteiger partial charge on any atom is 0.272 e. The predicted octanol–water partition coefficient (Wildman–Crippen LogP) is 2.69. The van der Waals surface area contributed by atoms with Crippen molar-refractivity contribution < 1.29 is 19.2 Å². The molecule has 2 aromatic carbocycles. The molecule has 0 aliphatic rings. The van der Waals surface area contributed by atoms with Crippen molar-refractivity contribution in [1.29, 1.82) is 0 Å². The minimum atomic E-state index is -0.498. The summed E-state index contributed by atoms with van der Waals surface area (Å²) in [4.78, 5) is 33.8. The van der Waals surface area contributed by atoms with Crippen molar-refractivity contribution in [2.45, 2.75) is 6.92 Å². The van der Waals surface area contributed by atoms with E-state index >= 15 is 0 Å². The molecule has 0 radical (unpaired) electrons. The molecule has 9 heteroatoms. The summed E-state index contributed by atoms with van der Waals surface area (Å²) in [5.74, 6) is -0.441. The zero-order valence-corrected chi connectivity index (χ0v) is 14.6. The molecule has 0 aliphatic carbocycles. The highest BCUT2D eigenvalue weighted by Crippen LogP contribution is 2.21. The minimum absolute atomic E-state index is 0.0318. The number of nitro groups is 1. The van der Waals surface area contributed by atoms with Crippen LogP contribution in [0.25, 0.3) is 0 Å². The molecular formula is C17H16ClN3O5. The summed E-state index contributed by atoms with van der Waals surface area (Å²) < 4.78 is 5.26. The Hall–Kier alpha value is -3.13. The summed E-state index contributed by atoms with van der Waals surface area (Å²) in [5.41, 5.74) is 0.800. The summed E-state index contributed by atoms with van der Waals surface area (Å²) in [7, 11) is 0. The fourth-order valence-electron chi connectivity index (χ4n) is 2.05. The monoisotopic (exact) mass is 377 g/mol. The third kappa shape index (κ3) is 5.75. The Balaban J connectivity index is 1.77. The molecule has 0 saturated carbocycles. The molecule has 2 rings (SSSR count). The van der Waals surface area contributed by atoms with Gasteiger partial charge >= 0.3 is 0 Å². The number of hydrogen-bond donors (Lipinski definition) is 2. The summed E-state index contributed by atoms with van der Waals surface area (Å²) in [6, 6.07) is 10.7. The van der Waals surface area contributed by atoms with Crippen LogP contribution in [0.2, 0.25) is 5.02 Å². The van der Waals surface area contributed by atoms with E-state index in [-0.39, 0.29) is 18.8 Å². The predicted molar refractivity (Wildman–Crippen MR) is 96.4 cm³/mol. The Morgan fingerprint density at radius 2 is 1.85 bits per heavy atom. The fourth-order valence-corrected chi connectivity index (χ4v) is 2.18. The molecule has 0 bridgehead atoms. The average molecular weight is 378 g/mol. The molecule has 2 N–H and O–H groups in total. The van der Waals surface area contributed by atoms with E-state index in [0.717, 1.165) is 0 Å². The minimum Gasteiger partial charge on any atom is -0.484 e. The number of ether oxygens (including phenoxy) is 1. The molecule has 2 amide bonds. The number of amides is 2. The lowest BCUT2D eigenvalue weighted by molar-refractivity contribution is -0.385. The van der Waals surface area contributed by atoms with Gasteiger partial charge < -0.3 is 15.4 Å². The van der Waals surface area contributed by atoms with E-state index < -0.39 is 16.7 Å². The lowest BCUT2D eigenvalue weighted by atomic mass is 10.2. The van der Waals surface area contributed by atoms with E-state index in [1.54, 1.807) is 31.2 Å². The van der Waals surface area contributed by atoms with Gasteiger partial charge in [-0.15, -0.1) is 0 Å². The largest absolute Gasteiger partial charge is 0.484 e. The lowest BCUT2D eigenvalue weighted by Gasteiger charge is -2.09. The number of nitrogens with one attached hydrogen (secondary N) is 2. The lowest BCUT2D eigenvalue weighted by Crippen LogP contribution is -2.35. The van der Waals surface area contributed by atoms with Gasteiger partial charge in [-0.1, -0.05) is 11.6 Å². The van der Waals surface area contributed by atoms with Crippen LogP contribution in [0, 0.1) is 17.0 Å². The first kappa shape index (κ1) is 19.2. The van der Waals surface area contributed by atoms with E-state index in [1.807, 2.05) is 0 Å². The maximum atomic E-state index is 11.8. The number of rotatable bonds is 7. The third-order valence-corrected chi connectivity index (χ3v) is 3.56. The molecule has 26 heavy (non-hydrogen) atoms. The van der Waals surface area contributed by atoms with Crippen molar-refractivity contribution in [2.24, 2.45) is 0 Å². The van der Waals surface area contributed by atoms with Gasteiger partial charge in [0.1, 0.15) is 5.75 Å². The van der Waals surface area contributed by atoms with Crippen LogP contribution in [0.3, 0.4) is 0 Å². The second-order valence-electron chi connectivity index (χ2n) is 5.33. The van der Waals surface area contributed by atoms with Crippen molar-refractivity contribution in [2.75, 3.05) is 18.5 Å². The van der Waals surface area contributed by atoms with E-state index in [2.05, 4.69) is 10.6 Å². The van der Waals surface area contributed by atoms with Gasteiger partial charge in [0.15, 0.2) is 6.61 Å². The number of anilines is 1. The van der Waals surface area contributed by atoms with Crippen molar-refractivity contribution >= 4 is 34.8 Å². The Bertz CT molecular complexity index is 824. The number of benzene rings is 2. The summed E-state index contributed by atoms with van der Waals surface area (Å²) >= 11 is 5.75. The van der Waals surface area contributed by atoms with Gasteiger partial charge in [-0.25, -0.2) is 0 Å². The average Bonchev–Trinajstić information content (AvgIpc) is 2.59. The van der Waals surface area contributed by atoms with Crippen molar-refractivity contribution in [1.82, 2.24) is 5.32 Å². The Labute approximate surface area is 154 Å². The molecule has 2 aromatic rings. The summed E-state index contributed by atoms with van der Waals surface area (Å²) in [6.45, 7) is 1.08. The highest BCUT2D eigenvalue weighted by Gasteiger charge is 2.12. The van der Waals surface area contributed by atoms with E-state index in [9.17, 15) is 19.7 Å². The van der Waals surface area contributed by atoms with Gasteiger partial charge in [0.05, 0.1) is 11.5 Å². The topological polar surface area (TPSA) is 111 Å². The normalized spacial score (nSPS) is 10.1. The Morgan fingerprint density at radius 1 is 1.15 bits per heavy atom. The maximum absolute atomic E-state index is 11.8. The van der Waals surface area contributed by atoms with Gasteiger partial charge in [-0.2, -0.15) is 0 Å². The molecule has 0 unspecified atom stereocenters. The number of nitrogens with zero attached hydrogens (tertiary/aromatic N) is 1. The van der Waals surface area contributed by atoms with Gasteiger partial charge in [0.2, 0.25) is 5.91 Å². The van der Waals surface area contributed by atoms with E-state index in [0.29, 0.717) is 22.0 Å². The highest BCUT2D eigenvalue weighted by atomic mass is 35.5. The molecular weight excluding hydrogens is 362 g/mol. The van der Waals surface area contributed by atoms with Gasteiger partial charge in [0.25, 0.3) is 11.6 Å². The zero-order valence-electron chi connectivity index (χ0n) is 13.8. The van der Waals surface area contributed by atoms with Gasteiger partial charge in [-0.3, -0.25) is 19.7 Å². The molecule has 0 spiro atoms. The van der Waals surface area contributed by atoms with Crippen molar-refractivity contribution in [3.63, 3.8) is 0 Å². The zero-order chi connectivity index (χ0) is 19.1. The van der Waals surface area contributed by atoms with Crippen LogP contribution >= 0.6 is 11.6 Å². The first-order valence-corrected chi connectivity index (χ1v) is 7.93. The second-order valence-corrected chi connectivity index (χ2v) is 5.76. The second kappa shape index (κ2) is 8.82. The van der Waals surface area contributed by atoms with Gasteiger partial charge in [0, 0.05) is 22.3 Å². The number of nitro benzene ring substituents is 1. The van der Waals surface area contributed by atoms with Crippen LogP contribution in [0.4, 0.5) is 11.4 Å². The van der Waals surface area contributed by atoms with Crippen LogP contribution in [0.15, 0.2) is 42.5 Å². The molecule has 136 valence electrons. The number of hydrogen-bond acceptors (Lipinski definition) is 5. The SMILES string of the molecule is Cc1cc(NC(=O)CNC(=O)COc2ccc(Cl)cc2)ccc1[N+](=O)[O-]. The number of carbonyl (C=O) groups excluding carboxylic acids is 2. The molecule has 0 aromatic heterocycles. The van der Waals surface area contributed by atoms with Crippen LogP contribution < -0.4 is 15.4 Å². The van der Waals surface area contributed by atoms with Crippen LogP contribution in [-0.4, -0.2) is 29.9 Å². The Morgan fingerprint density at radius 3 is 2.46 bits per heavy atom. The van der Waals surface area contributed by atoms with Crippen molar-refractivity contribution in [3.05, 3.63) is 63.2 Å². The highest BCUT2D eigenvalue weighted by molar-refractivity contribution is 6.30. The molecule has 0 saturated heterocycles. The summed E-state index contributed by atoms with van der Waals surface area (Å²) in [6.07, 6.45) is 0.